The third-order valence-corrected chi connectivity index (χ3v) is 13.6. The molecule has 7 N–H and O–H groups in total. The Bertz CT molecular complexity index is 3440. The van der Waals surface area contributed by atoms with Crippen molar-refractivity contribution in [2.24, 2.45) is 5.92 Å². The number of carbonyl (C=O) groups is 9. The molecule has 0 radical (unpaired) electrons. The van der Waals surface area contributed by atoms with Gasteiger partial charge in [0.05, 0.1) is 30.7 Å². The first-order valence-corrected chi connectivity index (χ1v) is 26.5. The van der Waals surface area contributed by atoms with E-state index < -0.39 is 66.3 Å². The maximum atomic E-state index is 14.3. The molecule has 4 heterocycles. The fraction of sp³-hybridized carbons (Fsp3) is 0.310. The number of anilines is 3. The molecule has 8 rings (SSSR count). The number of phenols is 1. The highest BCUT2D eigenvalue weighted by Crippen LogP contribution is 2.42. The Morgan fingerprint density at radius 1 is 0.854 bits per heavy atom. The smallest absolute Gasteiger partial charge is 0.415 e. The number of amides is 9. The van der Waals surface area contributed by atoms with Gasteiger partial charge in [0.15, 0.2) is 0 Å². The number of aryl methyl sites for hydroxylation is 1. The lowest BCUT2D eigenvalue weighted by Gasteiger charge is -2.26. The number of benzene rings is 4. The summed E-state index contributed by atoms with van der Waals surface area (Å²) in [7, 11) is 3.35. The summed E-state index contributed by atoms with van der Waals surface area (Å²) in [6.07, 6.45) is 2.59. The lowest BCUT2D eigenvalue weighted by Crippen LogP contribution is -2.51. The standard InChI is InChI=1S/C58H63N11O13/c1-34(2)51(65-56(77)80-27-26-69-48(72)18-19-49(69)73)54(75)61-32-47(71)62-39-14-10-36(11-15-39)33-81-57(78)66(5)24-25-67(22-7-21-59-4)58(79)82-46-30-45-42(50-35(3)8-6-9-43(46)50)20-23-68(45)55(76)44-29-38-28-40(31-60-52(38)64-44)63-53(74)37-12-16-41(70)17-13-37/h6,8-19,28-31,34,51,59,70H,7,20-27,32-33H2,1-5H3,(H,60,64)(H,61,75)(H,62,71)(H,63,74)(H,65,77). The van der Waals surface area contributed by atoms with Gasteiger partial charge in [-0.25, -0.2) is 19.4 Å². The number of fused-ring (bicyclic) bond motifs is 4. The summed E-state index contributed by atoms with van der Waals surface area (Å²) in [5.41, 5.74) is 4.92. The van der Waals surface area contributed by atoms with Crippen molar-refractivity contribution < 1.29 is 62.5 Å². The predicted molar refractivity (Wildman–Crippen MR) is 302 cm³/mol. The highest BCUT2D eigenvalue weighted by molar-refractivity contribution is 6.13. The molecule has 9 amide bonds. The minimum absolute atomic E-state index is 0.0365. The number of nitrogens with zero attached hydrogens (tertiary/aromatic N) is 5. The first kappa shape index (κ1) is 58.3. The summed E-state index contributed by atoms with van der Waals surface area (Å²) in [5, 5.41) is 25.3. The number of alkyl carbamates (subject to hydrolysis) is 1. The average Bonchev–Trinajstić information content (AvgIpc) is 4.23. The largest absolute Gasteiger partial charge is 0.508 e. The summed E-state index contributed by atoms with van der Waals surface area (Å²) in [6.45, 7) is 5.82. The van der Waals surface area contributed by atoms with E-state index in [1.54, 1.807) is 75.3 Å². The zero-order valence-corrected chi connectivity index (χ0v) is 45.8. The Hall–Kier alpha value is -9.84. The molecule has 4 aromatic carbocycles. The van der Waals surface area contributed by atoms with Crippen LogP contribution in [0.4, 0.5) is 31.4 Å². The maximum absolute atomic E-state index is 14.3. The van der Waals surface area contributed by atoms with Crippen LogP contribution in [0, 0.1) is 12.8 Å². The average molecular weight is 1120 g/mol. The van der Waals surface area contributed by atoms with E-state index in [2.05, 4.69) is 36.6 Å². The van der Waals surface area contributed by atoms with Crippen molar-refractivity contribution in [2.45, 2.75) is 46.3 Å². The van der Waals surface area contributed by atoms with Crippen LogP contribution >= 0.6 is 0 Å². The van der Waals surface area contributed by atoms with Gasteiger partial charge in [-0.3, -0.25) is 33.7 Å². The molecule has 24 nitrogen and oxygen atoms in total. The molecule has 0 saturated carbocycles. The zero-order valence-electron chi connectivity index (χ0n) is 45.8. The molecule has 2 aliphatic heterocycles. The van der Waals surface area contributed by atoms with Gasteiger partial charge in [-0.15, -0.1) is 0 Å². The van der Waals surface area contributed by atoms with Crippen LogP contribution in [0.3, 0.4) is 0 Å². The van der Waals surface area contributed by atoms with Gasteiger partial charge in [0.2, 0.25) is 11.8 Å². The van der Waals surface area contributed by atoms with Crippen molar-refractivity contribution in [3.63, 3.8) is 0 Å². The van der Waals surface area contributed by atoms with Crippen molar-refractivity contribution in [1.82, 2.24) is 40.6 Å². The number of carbonyl (C=O) groups excluding carboxylic acids is 9. The van der Waals surface area contributed by atoms with Crippen molar-refractivity contribution >= 4 is 92.6 Å². The molecular formula is C58H63N11O13. The number of aromatic hydroxyl groups is 1. The van der Waals surface area contributed by atoms with Gasteiger partial charge in [-0.05, 0) is 110 Å². The number of aromatic nitrogens is 2. The zero-order chi connectivity index (χ0) is 58.6. The highest BCUT2D eigenvalue weighted by atomic mass is 16.6. The summed E-state index contributed by atoms with van der Waals surface area (Å²) in [5.74, 6) is -3.06. The number of ether oxygens (including phenoxy) is 3. The summed E-state index contributed by atoms with van der Waals surface area (Å²) >= 11 is 0. The lowest BCUT2D eigenvalue weighted by molar-refractivity contribution is -0.137. The predicted octanol–water partition coefficient (Wildman–Crippen LogP) is 5.59. The van der Waals surface area contributed by atoms with Crippen molar-refractivity contribution in [3.8, 4) is 11.5 Å². The molecule has 0 saturated heterocycles. The minimum Gasteiger partial charge on any atom is -0.508 e. The van der Waals surface area contributed by atoms with Crippen LogP contribution in [0.2, 0.25) is 0 Å². The van der Waals surface area contributed by atoms with Crippen LogP contribution in [0.1, 0.15) is 57.8 Å². The van der Waals surface area contributed by atoms with Gasteiger partial charge < -0.3 is 65.6 Å². The molecule has 6 aromatic rings. The molecule has 2 aromatic heterocycles. The molecule has 0 fully saturated rings. The number of H-pyrrole nitrogens is 1. The summed E-state index contributed by atoms with van der Waals surface area (Å²) in [6, 6.07) is 22.1. The Labute approximate surface area is 471 Å². The number of likely N-dealkylation sites (N-methyl/N-ethyl adjacent to an activating group) is 1. The summed E-state index contributed by atoms with van der Waals surface area (Å²) < 4.78 is 16.9. The number of pyridine rings is 1. The first-order chi connectivity index (χ1) is 39.4. The molecule has 1 atom stereocenters. The topological polar surface area (TPSA) is 303 Å². The molecule has 24 heteroatoms. The molecule has 1 unspecified atom stereocenters. The monoisotopic (exact) mass is 1120 g/mol. The molecule has 428 valence electrons. The number of aromatic amines is 1. The Balaban J connectivity index is 0.833. The molecule has 82 heavy (non-hydrogen) atoms. The van der Waals surface area contributed by atoms with Crippen LogP contribution < -0.4 is 36.2 Å². The summed E-state index contributed by atoms with van der Waals surface area (Å²) in [4.78, 5) is 129. The fourth-order valence-electron chi connectivity index (χ4n) is 9.25. The number of hydrogen-bond donors (Lipinski definition) is 7. The van der Waals surface area contributed by atoms with Crippen LogP contribution in [-0.4, -0.2) is 156 Å². The van der Waals surface area contributed by atoms with Gasteiger partial charge in [-0.1, -0.05) is 44.2 Å². The van der Waals surface area contributed by atoms with Crippen molar-refractivity contribution in [2.75, 3.05) is 82.0 Å². The van der Waals surface area contributed by atoms with Gasteiger partial charge in [0, 0.05) is 73.5 Å². The van der Waals surface area contributed by atoms with E-state index in [0.717, 1.165) is 33.6 Å². The van der Waals surface area contributed by atoms with Gasteiger partial charge in [0.1, 0.15) is 42.1 Å². The second-order valence-electron chi connectivity index (χ2n) is 19.8. The Morgan fingerprint density at radius 3 is 2.32 bits per heavy atom. The molecule has 0 spiro atoms. The number of rotatable bonds is 22. The van der Waals surface area contributed by atoms with Crippen LogP contribution in [-0.2, 0) is 41.7 Å². The Kier molecular flexibility index (Phi) is 18.8. The second kappa shape index (κ2) is 26.4. The Morgan fingerprint density at radius 2 is 1.60 bits per heavy atom. The SMILES string of the molecule is CNCCCN(CCN(C)C(=O)OCc1ccc(NC(=O)CNC(=O)C(NC(=O)OCCN2C(=O)C=CC2=O)C(C)C)cc1)C(=O)Oc1cc2c(c3c(C)cccc13)CCN2C(=O)c1cc2cc(NC(=O)c3ccc(O)cc3)cnc2[nH]1. The number of imide groups is 1. The van der Waals surface area contributed by atoms with Crippen LogP contribution in [0.5, 0.6) is 11.5 Å². The molecular weight excluding hydrogens is 1060 g/mol. The third kappa shape index (κ3) is 14.3. The van der Waals surface area contributed by atoms with Crippen molar-refractivity contribution in [3.05, 3.63) is 131 Å². The van der Waals surface area contributed by atoms with E-state index in [9.17, 15) is 48.3 Å². The normalized spacial score (nSPS) is 13.0. The van der Waals surface area contributed by atoms with Crippen LogP contribution in [0.15, 0.2) is 103 Å². The second-order valence-corrected chi connectivity index (χ2v) is 19.8. The van der Waals surface area contributed by atoms with E-state index in [4.69, 9.17) is 14.2 Å². The van der Waals surface area contributed by atoms with Crippen LogP contribution in [0.25, 0.3) is 21.8 Å². The number of phenolic OH excluding ortho intramolecular Hbond substituents is 1. The first-order valence-electron chi connectivity index (χ1n) is 26.5. The maximum Gasteiger partial charge on any atom is 0.415 e. The van der Waals surface area contributed by atoms with E-state index >= 15 is 0 Å². The fourth-order valence-corrected chi connectivity index (χ4v) is 9.25. The van der Waals surface area contributed by atoms with E-state index in [1.165, 1.54) is 40.3 Å². The minimum atomic E-state index is -1.06. The molecule has 0 aliphatic carbocycles. The van der Waals surface area contributed by atoms with Crippen molar-refractivity contribution in [1.29, 1.82) is 0 Å². The van der Waals surface area contributed by atoms with Gasteiger partial charge in [0.25, 0.3) is 23.6 Å². The number of hydrogen-bond acceptors (Lipinski definition) is 15. The lowest BCUT2D eigenvalue weighted by atomic mass is 9.97. The third-order valence-electron chi connectivity index (χ3n) is 13.6. The van der Waals surface area contributed by atoms with E-state index in [1.807, 2.05) is 25.1 Å². The molecule has 2 aliphatic rings. The quantitative estimate of drug-likeness (QED) is 0.0322. The van der Waals surface area contributed by atoms with E-state index in [0.29, 0.717) is 77.1 Å². The number of nitrogens with one attached hydrogen (secondary N) is 6. The van der Waals surface area contributed by atoms with Gasteiger partial charge in [-0.2, -0.15) is 0 Å². The molecule has 0 bridgehead atoms. The highest BCUT2D eigenvalue weighted by Gasteiger charge is 2.32. The van der Waals surface area contributed by atoms with E-state index in [-0.39, 0.29) is 55.9 Å². The van der Waals surface area contributed by atoms with Gasteiger partial charge >= 0.3 is 18.3 Å².